The molecule has 0 amide bonds. The third-order valence-corrected chi connectivity index (χ3v) is 4.14. The van der Waals surface area contributed by atoms with Gasteiger partial charge in [-0.2, -0.15) is 0 Å². The molecule has 0 saturated heterocycles. The summed E-state index contributed by atoms with van der Waals surface area (Å²) in [6, 6.07) is 9.58. The van der Waals surface area contributed by atoms with Gasteiger partial charge in [0.05, 0.1) is 20.8 Å². The number of fused-ring (bicyclic) bond motifs is 1. The van der Waals surface area contributed by atoms with E-state index in [0.717, 1.165) is 16.8 Å². The van der Waals surface area contributed by atoms with Crippen LogP contribution >= 0.6 is 0 Å². The normalized spacial score (nSPS) is 10.7. The molecule has 142 valence electrons. The Morgan fingerprint density at radius 3 is 2.63 bits per heavy atom. The number of nitrogens with zero attached hydrogens (tertiary/aromatic N) is 2. The summed E-state index contributed by atoms with van der Waals surface area (Å²) in [6.07, 6.45) is 1.93. The molecule has 0 radical (unpaired) electrons. The summed E-state index contributed by atoms with van der Waals surface area (Å²) >= 11 is 0. The van der Waals surface area contributed by atoms with Crippen molar-refractivity contribution in [2.45, 2.75) is 13.8 Å². The van der Waals surface area contributed by atoms with Crippen LogP contribution in [0.4, 0.5) is 5.82 Å². The molecule has 7 nitrogen and oxygen atoms in total. The average Bonchev–Trinajstić information content (AvgIpc) is 3.03. The van der Waals surface area contributed by atoms with E-state index in [1.165, 1.54) is 0 Å². The zero-order valence-electron chi connectivity index (χ0n) is 15.9. The summed E-state index contributed by atoms with van der Waals surface area (Å²) in [5, 5.41) is 3.16. The van der Waals surface area contributed by atoms with Gasteiger partial charge < -0.3 is 19.5 Å². The smallest absolute Gasteiger partial charge is 0.325 e. The Kier molecular flexibility index (Phi) is 5.49. The van der Waals surface area contributed by atoms with Crippen molar-refractivity contribution in [2.75, 3.05) is 32.7 Å². The van der Waals surface area contributed by atoms with E-state index in [4.69, 9.17) is 19.2 Å². The zero-order chi connectivity index (χ0) is 19.4. The van der Waals surface area contributed by atoms with Crippen molar-refractivity contribution >= 4 is 17.4 Å². The summed E-state index contributed by atoms with van der Waals surface area (Å²) in [5.74, 6) is 1.64. The van der Waals surface area contributed by atoms with Gasteiger partial charge in [0.25, 0.3) is 0 Å². The van der Waals surface area contributed by atoms with Crippen LogP contribution < -0.4 is 14.8 Å². The van der Waals surface area contributed by atoms with Crippen LogP contribution in [0.1, 0.15) is 12.5 Å². The number of benzene rings is 1. The highest BCUT2D eigenvalue weighted by Crippen LogP contribution is 2.35. The predicted octanol–water partition coefficient (Wildman–Crippen LogP) is 3.30. The van der Waals surface area contributed by atoms with Gasteiger partial charge in [-0.1, -0.05) is 0 Å². The lowest BCUT2D eigenvalue weighted by Crippen LogP contribution is -2.17. The highest BCUT2D eigenvalue weighted by Gasteiger charge is 2.17. The second kappa shape index (κ2) is 7.99. The molecule has 0 spiro atoms. The summed E-state index contributed by atoms with van der Waals surface area (Å²) in [7, 11) is 3.19. The number of methoxy groups -OCH3 is 2. The number of ether oxygens (including phenoxy) is 3. The molecule has 0 unspecified atom stereocenters. The third kappa shape index (κ3) is 3.81. The number of nitrogens with one attached hydrogen (secondary N) is 1. The standard InChI is InChI=1S/C20H23N3O4/c1-5-27-18(24)12-21-20-19(22-17-10-13(2)8-9-23(17)20)14-6-7-15(25-3)16(11-14)26-4/h6-11,21H,5,12H2,1-4H3. The molecule has 1 N–H and O–H groups in total. The van der Waals surface area contributed by atoms with E-state index >= 15 is 0 Å². The number of carbonyl (C=O) groups excluding carboxylic acids is 1. The molecule has 0 aliphatic carbocycles. The van der Waals surface area contributed by atoms with E-state index < -0.39 is 0 Å². The van der Waals surface area contributed by atoms with Crippen molar-refractivity contribution in [3.63, 3.8) is 0 Å². The van der Waals surface area contributed by atoms with Gasteiger partial charge >= 0.3 is 5.97 Å². The highest BCUT2D eigenvalue weighted by atomic mass is 16.5. The van der Waals surface area contributed by atoms with Crippen LogP contribution in [0.5, 0.6) is 11.5 Å². The van der Waals surface area contributed by atoms with E-state index in [9.17, 15) is 4.79 Å². The van der Waals surface area contributed by atoms with Gasteiger partial charge in [0.1, 0.15) is 23.7 Å². The largest absolute Gasteiger partial charge is 0.493 e. The minimum atomic E-state index is -0.321. The quantitative estimate of drug-likeness (QED) is 0.644. The lowest BCUT2D eigenvalue weighted by molar-refractivity contribution is -0.140. The van der Waals surface area contributed by atoms with Gasteiger partial charge in [-0.3, -0.25) is 9.20 Å². The Morgan fingerprint density at radius 1 is 1.15 bits per heavy atom. The maximum atomic E-state index is 11.8. The first kappa shape index (κ1) is 18.6. The van der Waals surface area contributed by atoms with Crippen LogP contribution in [-0.2, 0) is 9.53 Å². The number of carbonyl (C=O) groups is 1. The number of hydrogen-bond acceptors (Lipinski definition) is 6. The van der Waals surface area contributed by atoms with Gasteiger partial charge in [0.15, 0.2) is 11.5 Å². The fourth-order valence-corrected chi connectivity index (χ4v) is 2.87. The Balaban J connectivity index is 2.08. The molecular weight excluding hydrogens is 346 g/mol. The first-order valence-corrected chi connectivity index (χ1v) is 8.68. The van der Waals surface area contributed by atoms with Gasteiger partial charge in [0, 0.05) is 11.8 Å². The topological polar surface area (TPSA) is 74.1 Å². The molecule has 3 rings (SSSR count). The van der Waals surface area contributed by atoms with Crippen LogP contribution in [0, 0.1) is 6.92 Å². The van der Waals surface area contributed by atoms with Crippen molar-refractivity contribution in [3.8, 4) is 22.8 Å². The number of anilines is 1. The fourth-order valence-electron chi connectivity index (χ4n) is 2.87. The first-order valence-electron chi connectivity index (χ1n) is 8.68. The van der Waals surface area contributed by atoms with E-state index in [-0.39, 0.29) is 12.5 Å². The van der Waals surface area contributed by atoms with Crippen LogP contribution in [0.15, 0.2) is 36.5 Å². The SMILES string of the molecule is CCOC(=O)CNc1c(-c2ccc(OC)c(OC)c2)nc2cc(C)ccn12. The summed E-state index contributed by atoms with van der Waals surface area (Å²) in [5.41, 5.74) is 3.45. The van der Waals surface area contributed by atoms with Crippen molar-refractivity contribution in [1.29, 1.82) is 0 Å². The molecule has 0 aliphatic rings. The molecule has 2 aromatic heterocycles. The number of aromatic nitrogens is 2. The number of imidazole rings is 1. The minimum absolute atomic E-state index is 0.0514. The maximum Gasteiger partial charge on any atom is 0.325 e. The number of rotatable bonds is 7. The molecule has 0 fully saturated rings. The van der Waals surface area contributed by atoms with Crippen molar-refractivity contribution < 1.29 is 19.0 Å². The van der Waals surface area contributed by atoms with Crippen LogP contribution in [0.3, 0.4) is 0 Å². The Labute approximate surface area is 157 Å². The molecule has 0 atom stereocenters. The fraction of sp³-hybridized carbons (Fsp3) is 0.300. The lowest BCUT2D eigenvalue weighted by Gasteiger charge is -2.11. The molecular formula is C20H23N3O4. The minimum Gasteiger partial charge on any atom is -0.493 e. The molecule has 7 heteroatoms. The van der Waals surface area contributed by atoms with Gasteiger partial charge in [-0.25, -0.2) is 4.98 Å². The van der Waals surface area contributed by atoms with Crippen LogP contribution in [0.2, 0.25) is 0 Å². The monoisotopic (exact) mass is 369 g/mol. The molecule has 1 aromatic carbocycles. The van der Waals surface area contributed by atoms with Crippen molar-refractivity contribution in [1.82, 2.24) is 9.38 Å². The number of esters is 1. The lowest BCUT2D eigenvalue weighted by atomic mass is 10.1. The van der Waals surface area contributed by atoms with E-state index in [2.05, 4.69) is 5.32 Å². The van der Waals surface area contributed by atoms with E-state index in [0.29, 0.717) is 29.6 Å². The van der Waals surface area contributed by atoms with Crippen molar-refractivity contribution in [3.05, 3.63) is 42.1 Å². The van der Waals surface area contributed by atoms with Gasteiger partial charge in [-0.15, -0.1) is 0 Å². The van der Waals surface area contributed by atoms with Gasteiger partial charge in [0.2, 0.25) is 0 Å². The molecule has 0 aliphatic heterocycles. The molecule has 2 heterocycles. The maximum absolute atomic E-state index is 11.8. The Morgan fingerprint density at radius 2 is 1.93 bits per heavy atom. The van der Waals surface area contributed by atoms with Crippen LogP contribution in [-0.4, -0.2) is 42.7 Å². The number of pyridine rings is 1. The first-order chi connectivity index (χ1) is 13.1. The molecule has 3 aromatic rings. The predicted molar refractivity (Wildman–Crippen MR) is 104 cm³/mol. The molecule has 27 heavy (non-hydrogen) atoms. The summed E-state index contributed by atoms with van der Waals surface area (Å²) < 4.78 is 17.6. The second-order valence-corrected chi connectivity index (χ2v) is 5.97. The number of hydrogen-bond donors (Lipinski definition) is 1. The Hall–Kier alpha value is -3.22. The van der Waals surface area contributed by atoms with E-state index in [1.807, 2.05) is 47.9 Å². The molecule has 0 bridgehead atoms. The highest BCUT2D eigenvalue weighted by molar-refractivity contribution is 5.81. The third-order valence-electron chi connectivity index (χ3n) is 4.14. The number of aryl methyl sites for hydroxylation is 1. The zero-order valence-corrected chi connectivity index (χ0v) is 15.9. The Bertz CT molecular complexity index is 965. The van der Waals surface area contributed by atoms with E-state index in [1.54, 1.807) is 21.1 Å². The van der Waals surface area contributed by atoms with Gasteiger partial charge in [-0.05, 0) is 49.7 Å². The van der Waals surface area contributed by atoms with Crippen molar-refractivity contribution in [2.24, 2.45) is 0 Å². The average molecular weight is 369 g/mol. The molecule has 0 saturated carbocycles. The second-order valence-electron chi connectivity index (χ2n) is 5.97. The summed E-state index contributed by atoms with van der Waals surface area (Å²) in [6.45, 7) is 4.19. The van der Waals surface area contributed by atoms with Crippen LogP contribution in [0.25, 0.3) is 16.9 Å². The summed E-state index contributed by atoms with van der Waals surface area (Å²) in [4.78, 5) is 16.6.